The van der Waals surface area contributed by atoms with Crippen molar-refractivity contribution in [2.45, 2.75) is 32.0 Å². The van der Waals surface area contributed by atoms with E-state index in [9.17, 15) is 9.90 Å². The van der Waals surface area contributed by atoms with Crippen molar-refractivity contribution in [3.05, 3.63) is 77.6 Å². The van der Waals surface area contributed by atoms with Gasteiger partial charge in [-0.2, -0.15) is 4.98 Å². The second-order valence-electron chi connectivity index (χ2n) is 10.2. The van der Waals surface area contributed by atoms with Crippen molar-refractivity contribution < 1.29 is 5.11 Å². The molecule has 6 rings (SSSR count). The molecule has 5 aromatic rings. The third-order valence-electron chi connectivity index (χ3n) is 6.82. The predicted molar refractivity (Wildman–Crippen MR) is 146 cm³/mol. The molecule has 1 saturated heterocycles. The highest BCUT2D eigenvalue weighted by Crippen LogP contribution is 2.27. The van der Waals surface area contributed by atoms with E-state index in [1.165, 1.54) is 10.9 Å². The fourth-order valence-electron chi connectivity index (χ4n) is 4.86. The van der Waals surface area contributed by atoms with Crippen molar-refractivity contribution in [3.8, 4) is 5.82 Å². The first-order valence-electron chi connectivity index (χ1n) is 12.4. The highest BCUT2D eigenvalue weighted by atomic mass is 16.3. The Morgan fingerprint density at radius 2 is 2.00 bits per heavy atom. The number of benzene rings is 1. The van der Waals surface area contributed by atoms with Crippen LogP contribution in [0.3, 0.4) is 0 Å². The van der Waals surface area contributed by atoms with Crippen LogP contribution in [0.25, 0.3) is 27.9 Å². The molecule has 0 radical (unpaired) electrons. The molecular weight excluding hydrogens is 482 g/mol. The predicted octanol–water partition coefficient (Wildman–Crippen LogP) is 2.97. The number of aromatic nitrogens is 7. The van der Waals surface area contributed by atoms with Gasteiger partial charge >= 0.3 is 0 Å². The number of rotatable bonds is 7. The molecule has 0 aliphatic carbocycles. The maximum absolute atomic E-state index is 13.2. The van der Waals surface area contributed by atoms with E-state index in [1.807, 2.05) is 24.5 Å². The normalized spacial score (nSPS) is 14.7. The number of nitrogens with zero attached hydrogens (tertiary/aromatic N) is 8. The molecule has 194 valence electrons. The summed E-state index contributed by atoms with van der Waals surface area (Å²) < 4.78 is 5.36. The summed E-state index contributed by atoms with van der Waals surface area (Å²) in [4.78, 5) is 33.8. The van der Waals surface area contributed by atoms with Gasteiger partial charge in [-0.25, -0.2) is 24.3 Å². The molecule has 1 aliphatic heterocycles. The van der Waals surface area contributed by atoms with Gasteiger partial charge in [0.2, 0.25) is 5.95 Å². The van der Waals surface area contributed by atoms with Gasteiger partial charge in [-0.1, -0.05) is 12.1 Å². The molecule has 11 heteroatoms. The number of hydrogen-bond donors (Lipinski definition) is 2. The van der Waals surface area contributed by atoms with Gasteiger partial charge in [0, 0.05) is 25.0 Å². The molecule has 38 heavy (non-hydrogen) atoms. The summed E-state index contributed by atoms with van der Waals surface area (Å²) >= 11 is 0. The van der Waals surface area contributed by atoms with Crippen molar-refractivity contribution in [2.75, 3.05) is 25.5 Å². The summed E-state index contributed by atoms with van der Waals surface area (Å²) in [5.41, 5.74) is 2.22. The van der Waals surface area contributed by atoms with Crippen LogP contribution in [0.4, 0.5) is 11.6 Å². The molecule has 0 amide bonds. The van der Waals surface area contributed by atoms with Crippen molar-refractivity contribution in [1.82, 2.24) is 38.8 Å². The Kier molecular flexibility index (Phi) is 5.62. The van der Waals surface area contributed by atoms with E-state index in [0.29, 0.717) is 34.5 Å². The summed E-state index contributed by atoms with van der Waals surface area (Å²) in [7, 11) is 2.11. The fourth-order valence-corrected chi connectivity index (χ4v) is 4.86. The van der Waals surface area contributed by atoms with E-state index in [-0.39, 0.29) is 12.1 Å². The van der Waals surface area contributed by atoms with Gasteiger partial charge in [0.25, 0.3) is 5.56 Å². The van der Waals surface area contributed by atoms with Gasteiger partial charge in [0.1, 0.15) is 11.0 Å². The minimum Gasteiger partial charge on any atom is -0.384 e. The Hall–Kier alpha value is -4.35. The van der Waals surface area contributed by atoms with Crippen LogP contribution in [0.5, 0.6) is 0 Å². The molecular formula is C27H29N9O2. The first-order valence-corrected chi connectivity index (χ1v) is 12.4. The van der Waals surface area contributed by atoms with E-state index >= 15 is 0 Å². The van der Waals surface area contributed by atoms with E-state index in [2.05, 4.69) is 43.4 Å². The van der Waals surface area contributed by atoms with E-state index in [0.717, 1.165) is 29.8 Å². The Morgan fingerprint density at radius 1 is 1.18 bits per heavy atom. The van der Waals surface area contributed by atoms with Crippen LogP contribution in [-0.4, -0.2) is 64.0 Å². The lowest BCUT2D eigenvalue weighted by atomic mass is 10.1. The van der Waals surface area contributed by atoms with Crippen LogP contribution in [0, 0.1) is 0 Å². The maximum Gasteiger partial charge on any atom is 0.278 e. The lowest BCUT2D eigenvalue weighted by Gasteiger charge is -2.37. The summed E-state index contributed by atoms with van der Waals surface area (Å²) in [6.07, 6.45) is 5.05. The van der Waals surface area contributed by atoms with Crippen LogP contribution in [0.2, 0.25) is 0 Å². The molecule has 0 atom stereocenters. The maximum atomic E-state index is 13.2. The Bertz CT molecular complexity index is 1740. The summed E-state index contributed by atoms with van der Waals surface area (Å²) in [6.45, 7) is 9.40. The summed E-state index contributed by atoms with van der Waals surface area (Å²) in [5.74, 6) is 0.789. The number of anilines is 2. The average Bonchev–Trinajstić information content (AvgIpc) is 3.40. The number of aliphatic hydroxyl groups is 1. The second kappa shape index (κ2) is 8.89. The van der Waals surface area contributed by atoms with Gasteiger partial charge in [-0.05, 0) is 51.2 Å². The van der Waals surface area contributed by atoms with E-state index in [4.69, 9.17) is 4.98 Å². The van der Waals surface area contributed by atoms with E-state index in [1.54, 1.807) is 42.8 Å². The van der Waals surface area contributed by atoms with Gasteiger partial charge in [0.05, 0.1) is 35.6 Å². The van der Waals surface area contributed by atoms with Crippen LogP contribution in [-0.2, 0) is 12.1 Å². The van der Waals surface area contributed by atoms with E-state index < -0.39 is 5.60 Å². The standard InChI is InChI=1S/C27H29N9O2/c1-5-11-35-25(37)19-13-28-26(32-24(19)36(35)23-8-6-7-22(31-23)27(2,3)38)30-17-9-10-21-20(12-17)29-16-34(21)18-14-33(4)15-18/h5-10,12-13,16,18,38H,1,11,14-15H2,2-4H3,(H,28,30,32). The number of nitrogens with one attached hydrogen (secondary N) is 1. The molecule has 11 nitrogen and oxygen atoms in total. The number of likely N-dealkylation sites (N-methyl/N-ethyl adjacent to an activating group) is 1. The summed E-state index contributed by atoms with van der Waals surface area (Å²) in [5, 5.41) is 14.1. The van der Waals surface area contributed by atoms with Crippen LogP contribution in [0.1, 0.15) is 25.6 Å². The molecule has 4 aromatic heterocycles. The number of allylic oxidation sites excluding steroid dienone is 1. The van der Waals surface area contributed by atoms with Gasteiger partial charge in [-0.15, -0.1) is 6.58 Å². The van der Waals surface area contributed by atoms with Crippen molar-refractivity contribution in [3.63, 3.8) is 0 Å². The van der Waals surface area contributed by atoms with Crippen LogP contribution < -0.4 is 10.9 Å². The topological polar surface area (TPSA) is 119 Å². The molecule has 2 N–H and O–H groups in total. The zero-order valence-corrected chi connectivity index (χ0v) is 21.5. The first kappa shape index (κ1) is 24.0. The summed E-state index contributed by atoms with van der Waals surface area (Å²) in [6, 6.07) is 11.7. The SMILES string of the molecule is C=CCn1c(=O)c2cnc(Nc3ccc4c(c3)ncn4C3CN(C)C3)nc2n1-c1cccc(C(C)(C)O)n1. The van der Waals surface area contributed by atoms with Gasteiger partial charge in [0.15, 0.2) is 11.5 Å². The van der Waals surface area contributed by atoms with Crippen LogP contribution >= 0.6 is 0 Å². The second-order valence-corrected chi connectivity index (χ2v) is 10.2. The van der Waals surface area contributed by atoms with Crippen molar-refractivity contribution in [1.29, 1.82) is 0 Å². The Labute approximate surface area is 218 Å². The molecule has 0 spiro atoms. The van der Waals surface area contributed by atoms with Gasteiger partial charge < -0.3 is 19.9 Å². The molecule has 1 fully saturated rings. The largest absolute Gasteiger partial charge is 0.384 e. The quantitative estimate of drug-likeness (QED) is 0.320. The Balaban J connectivity index is 1.40. The molecule has 0 bridgehead atoms. The lowest BCUT2D eigenvalue weighted by molar-refractivity contribution is 0.0738. The molecule has 0 saturated carbocycles. The monoisotopic (exact) mass is 511 g/mol. The lowest BCUT2D eigenvalue weighted by Crippen LogP contribution is -2.44. The number of fused-ring (bicyclic) bond motifs is 2. The molecule has 5 heterocycles. The van der Waals surface area contributed by atoms with Crippen LogP contribution in [0.15, 0.2) is 66.4 Å². The number of pyridine rings is 1. The van der Waals surface area contributed by atoms with Crippen molar-refractivity contribution in [2.24, 2.45) is 0 Å². The third-order valence-corrected chi connectivity index (χ3v) is 6.82. The number of hydrogen-bond acceptors (Lipinski definition) is 8. The molecule has 1 aromatic carbocycles. The van der Waals surface area contributed by atoms with Crippen molar-refractivity contribution >= 4 is 33.7 Å². The zero-order chi connectivity index (χ0) is 26.6. The number of likely N-dealkylation sites (tertiary alicyclic amines) is 1. The third kappa shape index (κ3) is 4.05. The minimum absolute atomic E-state index is 0.252. The fraction of sp³-hybridized carbons (Fsp3) is 0.296. The minimum atomic E-state index is -1.15. The number of imidazole rings is 1. The van der Waals surface area contributed by atoms with Gasteiger partial charge in [-0.3, -0.25) is 4.79 Å². The Morgan fingerprint density at radius 3 is 2.74 bits per heavy atom. The first-order chi connectivity index (χ1) is 18.2. The highest BCUT2D eigenvalue weighted by molar-refractivity contribution is 5.81. The molecule has 1 aliphatic rings. The zero-order valence-electron chi connectivity index (χ0n) is 21.5. The molecule has 0 unspecified atom stereocenters. The average molecular weight is 512 g/mol. The highest BCUT2D eigenvalue weighted by Gasteiger charge is 2.26. The smallest absolute Gasteiger partial charge is 0.278 e.